The number of aliphatic hydroxyl groups is 1. The van der Waals surface area contributed by atoms with Gasteiger partial charge in [0.05, 0.1) is 17.8 Å². The van der Waals surface area contributed by atoms with Gasteiger partial charge in [-0.15, -0.1) is 13.2 Å². The Morgan fingerprint density at radius 2 is 1.96 bits per heavy atom. The Hall–Kier alpha value is -2.25. The molecule has 0 radical (unpaired) electrons. The number of aliphatic hydroxyl groups excluding tert-OH is 1. The molecule has 0 aliphatic carbocycles. The monoisotopic (exact) mass is 384 g/mol. The summed E-state index contributed by atoms with van der Waals surface area (Å²) in [7, 11) is 0. The van der Waals surface area contributed by atoms with Crippen LogP contribution >= 0.6 is 11.6 Å². The lowest BCUT2D eigenvalue weighted by Gasteiger charge is -2.10. The minimum Gasteiger partial charge on any atom is -0.406 e. The van der Waals surface area contributed by atoms with Gasteiger partial charge in [0, 0.05) is 29.5 Å². The Morgan fingerprint density at radius 3 is 2.62 bits per heavy atom. The lowest BCUT2D eigenvalue weighted by Crippen LogP contribution is -2.17. The number of nitrogens with zero attached hydrogens (tertiary/aromatic N) is 2. The van der Waals surface area contributed by atoms with Crippen LogP contribution in [0.1, 0.15) is 16.8 Å². The fourth-order valence-electron chi connectivity index (χ4n) is 2.83. The van der Waals surface area contributed by atoms with E-state index in [1.165, 1.54) is 18.2 Å². The Bertz CT molecular complexity index is 938. The zero-order valence-electron chi connectivity index (χ0n) is 13.8. The average molecular weight is 385 g/mol. The number of benzene rings is 2. The number of fused-ring (bicyclic) bond motifs is 1. The second kappa shape index (κ2) is 7.17. The third-order valence-corrected chi connectivity index (χ3v) is 4.24. The average Bonchev–Trinajstić information content (AvgIpc) is 2.86. The van der Waals surface area contributed by atoms with Gasteiger partial charge >= 0.3 is 6.36 Å². The molecule has 0 aliphatic heterocycles. The van der Waals surface area contributed by atoms with Crippen LogP contribution in [0, 0.1) is 6.92 Å². The Labute approximate surface area is 152 Å². The minimum atomic E-state index is -4.76. The fourth-order valence-corrected chi connectivity index (χ4v) is 3.06. The van der Waals surface area contributed by atoms with Crippen molar-refractivity contribution in [2.75, 3.05) is 6.61 Å². The van der Waals surface area contributed by atoms with Gasteiger partial charge in [-0.1, -0.05) is 17.7 Å². The summed E-state index contributed by atoms with van der Waals surface area (Å²) in [5.41, 5.74) is 3.02. The predicted molar refractivity (Wildman–Crippen MR) is 92.5 cm³/mol. The quantitative estimate of drug-likeness (QED) is 0.705. The van der Waals surface area contributed by atoms with Crippen molar-refractivity contribution in [2.24, 2.45) is 0 Å². The van der Waals surface area contributed by atoms with Gasteiger partial charge in [-0.25, -0.2) is 0 Å². The van der Waals surface area contributed by atoms with Crippen LogP contribution in [0.3, 0.4) is 0 Å². The van der Waals surface area contributed by atoms with Crippen molar-refractivity contribution >= 4 is 22.5 Å². The number of aromatic nitrogens is 2. The second-order valence-corrected chi connectivity index (χ2v) is 6.31. The van der Waals surface area contributed by atoms with Crippen LogP contribution in [-0.2, 0) is 13.0 Å². The van der Waals surface area contributed by atoms with E-state index < -0.39 is 6.36 Å². The van der Waals surface area contributed by atoms with E-state index in [0.29, 0.717) is 34.6 Å². The third-order valence-electron chi connectivity index (χ3n) is 4.01. The number of alkyl halides is 3. The topological polar surface area (TPSA) is 47.3 Å². The Kier molecular flexibility index (Phi) is 5.11. The van der Waals surface area contributed by atoms with Gasteiger partial charge in [0.15, 0.2) is 0 Å². The lowest BCUT2D eigenvalue weighted by atomic mass is 10.1. The predicted octanol–water partition coefficient (Wildman–Crippen LogP) is 4.48. The van der Waals surface area contributed by atoms with E-state index in [-0.39, 0.29) is 12.4 Å². The molecule has 0 unspecified atom stereocenters. The van der Waals surface area contributed by atoms with Crippen LogP contribution < -0.4 is 4.74 Å². The second-order valence-electron chi connectivity index (χ2n) is 5.88. The summed E-state index contributed by atoms with van der Waals surface area (Å²) in [5, 5.41) is 15.0. The molecular formula is C18H16ClF3N2O2. The normalized spacial score (nSPS) is 11.9. The summed E-state index contributed by atoms with van der Waals surface area (Å²) in [4.78, 5) is 0. The molecule has 26 heavy (non-hydrogen) atoms. The molecule has 0 spiro atoms. The fraction of sp³-hybridized carbons (Fsp3) is 0.278. The summed E-state index contributed by atoms with van der Waals surface area (Å²) in [6.45, 7) is 2.16. The van der Waals surface area contributed by atoms with Gasteiger partial charge < -0.3 is 9.84 Å². The summed E-state index contributed by atoms with van der Waals surface area (Å²) < 4.78 is 43.2. The van der Waals surface area contributed by atoms with Crippen molar-refractivity contribution < 1.29 is 23.0 Å². The maximum atomic E-state index is 12.5. The molecule has 0 saturated carbocycles. The van der Waals surface area contributed by atoms with Crippen molar-refractivity contribution in [3.63, 3.8) is 0 Å². The first-order valence-electron chi connectivity index (χ1n) is 7.88. The van der Waals surface area contributed by atoms with Gasteiger partial charge in [-0.05, 0) is 42.3 Å². The molecule has 3 rings (SSSR count). The van der Waals surface area contributed by atoms with E-state index in [1.807, 2.05) is 19.1 Å². The van der Waals surface area contributed by atoms with Gasteiger partial charge in [0.1, 0.15) is 5.75 Å². The molecule has 1 aromatic heterocycles. The van der Waals surface area contributed by atoms with Crippen molar-refractivity contribution in [3.05, 3.63) is 58.2 Å². The summed E-state index contributed by atoms with van der Waals surface area (Å²) in [5.74, 6) is -0.311. The SMILES string of the molecule is Cc1cc(Cl)ccc1Cn1nc(CCO)c2ccc(OC(F)(F)F)cc21. The van der Waals surface area contributed by atoms with Crippen molar-refractivity contribution in [1.82, 2.24) is 9.78 Å². The molecule has 0 fully saturated rings. The first kappa shape index (κ1) is 18.5. The van der Waals surface area contributed by atoms with Crippen LogP contribution in [0.25, 0.3) is 10.9 Å². The highest BCUT2D eigenvalue weighted by molar-refractivity contribution is 6.30. The standard InChI is InChI=1S/C18H16ClF3N2O2/c1-11-8-13(19)3-2-12(11)10-24-17-9-14(26-18(20,21)22)4-5-15(17)16(23-24)6-7-25/h2-5,8-9,25H,6-7,10H2,1H3. The number of rotatable bonds is 5. The highest BCUT2D eigenvalue weighted by Gasteiger charge is 2.31. The molecule has 0 aliphatic rings. The van der Waals surface area contributed by atoms with Crippen LogP contribution in [0.15, 0.2) is 36.4 Å². The highest BCUT2D eigenvalue weighted by atomic mass is 35.5. The highest BCUT2D eigenvalue weighted by Crippen LogP contribution is 2.29. The van der Waals surface area contributed by atoms with Crippen LogP contribution in [0.5, 0.6) is 5.75 Å². The van der Waals surface area contributed by atoms with Crippen LogP contribution in [0.2, 0.25) is 5.02 Å². The Balaban J connectivity index is 2.05. The number of aryl methyl sites for hydroxylation is 1. The third kappa shape index (κ3) is 4.11. The molecule has 0 atom stereocenters. The largest absolute Gasteiger partial charge is 0.573 e. The molecule has 2 aromatic carbocycles. The van der Waals surface area contributed by atoms with Crippen LogP contribution in [-0.4, -0.2) is 27.9 Å². The van der Waals surface area contributed by atoms with Gasteiger partial charge in [0.25, 0.3) is 0 Å². The minimum absolute atomic E-state index is 0.104. The molecule has 0 saturated heterocycles. The summed E-state index contributed by atoms with van der Waals surface area (Å²) in [6, 6.07) is 9.50. The van der Waals surface area contributed by atoms with E-state index in [9.17, 15) is 18.3 Å². The zero-order chi connectivity index (χ0) is 18.9. The van der Waals surface area contributed by atoms with E-state index in [4.69, 9.17) is 11.6 Å². The number of hydrogen-bond acceptors (Lipinski definition) is 3. The van der Waals surface area contributed by atoms with Crippen molar-refractivity contribution in [2.45, 2.75) is 26.3 Å². The van der Waals surface area contributed by atoms with E-state index in [0.717, 1.165) is 11.1 Å². The van der Waals surface area contributed by atoms with E-state index >= 15 is 0 Å². The van der Waals surface area contributed by atoms with Gasteiger partial charge in [0.2, 0.25) is 0 Å². The molecule has 0 bridgehead atoms. The molecule has 3 aromatic rings. The molecule has 0 amide bonds. The Morgan fingerprint density at radius 1 is 1.19 bits per heavy atom. The molecular weight excluding hydrogens is 369 g/mol. The maximum absolute atomic E-state index is 12.5. The molecule has 138 valence electrons. The number of hydrogen-bond donors (Lipinski definition) is 1. The lowest BCUT2D eigenvalue weighted by molar-refractivity contribution is -0.274. The van der Waals surface area contributed by atoms with Crippen molar-refractivity contribution in [1.29, 1.82) is 0 Å². The molecule has 8 heteroatoms. The number of halogens is 4. The summed E-state index contributed by atoms with van der Waals surface area (Å²) >= 11 is 5.97. The number of ether oxygens (including phenoxy) is 1. The maximum Gasteiger partial charge on any atom is 0.573 e. The molecule has 4 nitrogen and oxygen atoms in total. The van der Waals surface area contributed by atoms with Gasteiger partial charge in [-0.2, -0.15) is 5.10 Å². The van der Waals surface area contributed by atoms with Crippen LogP contribution in [0.4, 0.5) is 13.2 Å². The van der Waals surface area contributed by atoms with Gasteiger partial charge in [-0.3, -0.25) is 4.68 Å². The molecule has 1 N–H and O–H groups in total. The van der Waals surface area contributed by atoms with E-state index in [2.05, 4.69) is 9.84 Å². The molecule has 1 heterocycles. The van der Waals surface area contributed by atoms with E-state index in [1.54, 1.807) is 10.7 Å². The summed E-state index contributed by atoms with van der Waals surface area (Å²) in [6.07, 6.45) is -4.46. The zero-order valence-corrected chi connectivity index (χ0v) is 14.6. The first-order valence-corrected chi connectivity index (χ1v) is 8.25. The first-order chi connectivity index (χ1) is 12.3. The van der Waals surface area contributed by atoms with Crippen molar-refractivity contribution in [3.8, 4) is 5.75 Å². The smallest absolute Gasteiger partial charge is 0.406 e.